The number of nitrogens with zero attached hydrogens (tertiary/aromatic N) is 4. The number of ether oxygens (including phenoxy) is 1. The number of furan rings is 1. The molecule has 0 saturated carbocycles. The van der Waals surface area contributed by atoms with E-state index in [2.05, 4.69) is 11.5 Å². The van der Waals surface area contributed by atoms with Crippen molar-refractivity contribution in [1.29, 1.82) is 0 Å². The highest BCUT2D eigenvalue weighted by Gasteiger charge is 2.35. The Morgan fingerprint density at radius 3 is 2.94 bits per heavy atom. The van der Waals surface area contributed by atoms with Crippen LogP contribution in [0.5, 0.6) is 0 Å². The molecular formula is C23H26N4O3S2. The van der Waals surface area contributed by atoms with E-state index >= 15 is 0 Å². The fourth-order valence-electron chi connectivity index (χ4n) is 4.17. The van der Waals surface area contributed by atoms with Gasteiger partial charge in [0.2, 0.25) is 0 Å². The molecule has 0 radical (unpaired) electrons. The van der Waals surface area contributed by atoms with Gasteiger partial charge in [-0.25, -0.2) is 9.99 Å². The van der Waals surface area contributed by atoms with Gasteiger partial charge < -0.3 is 13.7 Å². The lowest BCUT2D eigenvalue weighted by molar-refractivity contribution is -0.130. The Kier molecular flexibility index (Phi) is 6.21. The zero-order valence-corrected chi connectivity index (χ0v) is 19.8. The van der Waals surface area contributed by atoms with Crippen LogP contribution in [0, 0.1) is 13.8 Å². The molecule has 3 aromatic heterocycles. The normalized spacial score (nSPS) is 20.8. The Hall–Kier alpha value is -2.36. The summed E-state index contributed by atoms with van der Waals surface area (Å²) < 4.78 is 13.7. The van der Waals surface area contributed by atoms with Gasteiger partial charge in [0.25, 0.3) is 5.91 Å². The van der Waals surface area contributed by atoms with Crippen molar-refractivity contribution in [2.24, 2.45) is 5.10 Å². The van der Waals surface area contributed by atoms with E-state index in [4.69, 9.17) is 19.2 Å². The van der Waals surface area contributed by atoms with Crippen LogP contribution in [0.15, 0.2) is 50.6 Å². The van der Waals surface area contributed by atoms with E-state index in [1.54, 1.807) is 22.6 Å². The van der Waals surface area contributed by atoms with E-state index in [0.717, 1.165) is 58.9 Å². The molecule has 0 bridgehead atoms. The van der Waals surface area contributed by atoms with Crippen LogP contribution >= 0.6 is 23.1 Å². The fourth-order valence-corrected chi connectivity index (χ4v) is 5.84. The van der Waals surface area contributed by atoms with E-state index in [1.165, 1.54) is 11.8 Å². The lowest BCUT2D eigenvalue weighted by Gasteiger charge is -2.20. The molecule has 1 fully saturated rings. The van der Waals surface area contributed by atoms with Gasteiger partial charge in [-0.3, -0.25) is 4.79 Å². The van der Waals surface area contributed by atoms with E-state index in [-0.39, 0.29) is 23.8 Å². The maximum atomic E-state index is 13.3. The first-order valence-electron chi connectivity index (χ1n) is 10.8. The van der Waals surface area contributed by atoms with Crippen molar-refractivity contribution in [2.75, 3.05) is 12.4 Å². The molecule has 1 amide bonds. The second-order valence-electron chi connectivity index (χ2n) is 8.10. The van der Waals surface area contributed by atoms with E-state index in [0.29, 0.717) is 6.42 Å². The summed E-state index contributed by atoms with van der Waals surface area (Å²) in [6.07, 6.45) is 4.68. The van der Waals surface area contributed by atoms with Gasteiger partial charge in [0.1, 0.15) is 11.8 Å². The van der Waals surface area contributed by atoms with Gasteiger partial charge in [0, 0.05) is 18.7 Å². The molecule has 9 heteroatoms. The summed E-state index contributed by atoms with van der Waals surface area (Å²) in [6.45, 7) is 5.70. The Balaban J connectivity index is 1.33. The fraction of sp³-hybridized carbons (Fsp3) is 0.435. The van der Waals surface area contributed by atoms with Crippen LogP contribution in [0.25, 0.3) is 0 Å². The minimum Gasteiger partial charge on any atom is -0.467 e. The first-order chi connectivity index (χ1) is 15.6. The monoisotopic (exact) mass is 470 g/mol. The van der Waals surface area contributed by atoms with Crippen LogP contribution in [0.1, 0.15) is 47.3 Å². The number of carbonyl (C=O) groups is 1. The number of thiophene rings is 1. The molecule has 2 aliphatic rings. The van der Waals surface area contributed by atoms with Gasteiger partial charge >= 0.3 is 0 Å². The van der Waals surface area contributed by atoms with Gasteiger partial charge in [-0.2, -0.15) is 5.10 Å². The Morgan fingerprint density at radius 1 is 1.31 bits per heavy atom. The molecule has 0 aromatic carbocycles. The summed E-state index contributed by atoms with van der Waals surface area (Å²) in [7, 11) is 0. The molecule has 0 spiro atoms. The molecule has 2 aliphatic heterocycles. The maximum Gasteiger partial charge on any atom is 0.253 e. The molecule has 32 heavy (non-hydrogen) atoms. The highest BCUT2D eigenvalue weighted by atomic mass is 32.2. The standard InChI is InChI=1S/C23H26N4O3S2/c1-15-16(2)26(13-17-6-3-9-29-17)23(24-15)32-14-22(28)27-19(20-7-4-10-30-20)12-18(25-27)21-8-5-11-31-21/h4-5,7-8,10-11,17,19H,3,6,9,12-14H2,1-2H3/t17-,19+/m1/s1. The molecule has 2 atom stereocenters. The van der Waals surface area contributed by atoms with Gasteiger partial charge in [-0.1, -0.05) is 17.8 Å². The molecule has 0 N–H and O–H groups in total. The first-order valence-corrected chi connectivity index (χ1v) is 12.7. The molecule has 168 valence electrons. The SMILES string of the molecule is Cc1nc(SCC(=O)N2N=C(c3cccs3)C[C@H]2c2ccco2)n(C[C@H]2CCCO2)c1C. The third-order valence-electron chi connectivity index (χ3n) is 6.00. The lowest BCUT2D eigenvalue weighted by atomic mass is 10.1. The average molecular weight is 471 g/mol. The zero-order valence-electron chi connectivity index (χ0n) is 18.2. The highest BCUT2D eigenvalue weighted by Crippen LogP contribution is 2.35. The van der Waals surface area contributed by atoms with Gasteiger partial charge in [-0.15, -0.1) is 11.3 Å². The molecule has 0 unspecified atom stereocenters. The van der Waals surface area contributed by atoms with Crippen molar-refractivity contribution in [3.63, 3.8) is 0 Å². The van der Waals surface area contributed by atoms with Crippen LogP contribution in [-0.4, -0.2) is 44.6 Å². The smallest absolute Gasteiger partial charge is 0.253 e. The Morgan fingerprint density at radius 2 is 2.22 bits per heavy atom. The third-order valence-corrected chi connectivity index (χ3v) is 7.88. The summed E-state index contributed by atoms with van der Waals surface area (Å²) in [4.78, 5) is 19.1. The number of hydrogen-bond acceptors (Lipinski definition) is 7. The lowest BCUT2D eigenvalue weighted by Crippen LogP contribution is -2.28. The van der Waals surface area contributed by atoms with Crippen molar-refractivity contribution in [2.45, 2.75) is 57.0 Å². The number of thioether (sulfide) groups is 1. The number of aryl methyl sites for hydroxylation is 1. The van der Waals surface area contributed by atoms with Crippen LogP contribution in [-0.2, 0) is 16.1 Å². The van der Waals surface area contributed by atoms with Crippen LogP contribution in [0.4, 0.5) is 0 Å². The van der Waals surface area contributed by atoms with Crippen molar-refractivity contribution in [3.05, 3.63) is 57.9 Å². The summed E-state index contributed by atoms with van der Waals surface area (Å²) >= 11 is 3.10. The maximum absolute atomic E-state index is 13.3. The second-order valence-corrected chi connectivity index (χ2v) is 9.99. The number of hydrogen-bond donors (Lipinski definition) is 0. The van der Waals surface area contributed by atoms with Crippen molar-refractivity contribution in [1.82, 2.24) is 14.6 Å². The van der Waals surface area contributed by atoms with Crippen LogP contribution in [0.2, 0.25) is 0 Å². The number of aromatic nitrogens is 2. The molecule has 5 heterocycles. The number of imidazole rings is 1. The predicted molar refractivity (Wildman–Crippen MR) is 125 cm³/mol. The largest absolute Gasteiger partial charge is 0.467 e. The third kappa shape index (κ3) is 4.29. The minimum atomic E-state index is -0.217. The summed E-state index contributed by atoms with van der Waals surface area (Å²) in [5.41, 5.74) is 3.04. The molecule has 1 saturated heterocycles. The molecular weight excluding hydrogens is 444 g/mol. The number of hydrazone groups is 1. The Bertz CT molecular complexity index is 1100. The van der Waals surface area contributed by atoms with E-state index in [1.807, 2.05) is 36.6 Å². The number of carbonyl (C=O) groups excluding carboxylic acids is 1. The zero-order chi connectivity index (χ0) is 22.1. The highest BCUT2D eigenvalue weighted by molar-refractivity contribution is 7.99. The van der Waals surface area contributed by atoms with Gasteiger partial charge in [0.05, 0.1) is 40.9 Å². The molecule has 0 aliphatic carbocycles. The minimum absolute atomic E-state index is 0.0510. The predicted octanol–water partition coefficient (Wildman–Crippen LogP) is 4.80. The van der Waals surface area contributed by atoms with Crippen molar-refractivity contribution < 1.29 is 13.9 Å². The van der Waals surface area contributed by atoms with Crippen LogP contribution < -0.4 is 0 Å². The molecule has 7 nitrogen and oxygen atoms in total. The van der Waals surface area contributed by atoms with Crippen molar-refractivity contribution in [3.8, 4) is 0 Å². The summed E-state index contributed by atoms with van der Waals surface area (Å²) in [5.74, 6) is 0.968. The van der Waals surface area contributed by atoms with Gasteiger partial charge in [0.15, 0.2) is 5.16 Å². The summed E-state index contributed by atoms with van der Waals surface area (Å²) in [5, 5.41) is 9.18. The summed E-state index contributed by atoms with van der Waals surface area (Å²) in [6, 6.07) is 7.59. The first kappa shape index (κ1) is 21.5. The number of rotatable bonds is 7. The quantitative estimate of drug-likeness (QED) is 0.464. The topological polar surface area (TPSA) is 72.9 Å². The second kappa shape index (κ2) is 9.25. The van der Waals surface area contributed by atoms with Gasteiger partial charge in [-0.05, 0) is 50.3 Å². The van der Waals surface area contributed by atoms with Crippen LogP contribution in [0.3, 0.4) is 0 Å². The molecule has 5 rings (SSSR count). The number of amides is 1. The van der Waals surface area contributed by atoms with E-state index < -0.39 is 0 Å². The molecule has 3 aromatic rings. The van der Waals surface area contributed by atoms with Crippen molar-refractivity contribution >= 4 is 34.7 Å². The Labute approximate surface area is 195 Å². The average Bonchev–Trinajstić information content (AvgIpc) is 3.59. The van der Waals surface area contributed by atoms with E-state index in [9.17, 15) is 4.79 Å².